The van der Waals surface area contributed by atoms with E-state index in [1.807, 2.05) is 6.20 Å². The molecule has 0 aliphatic heterocycles. The largest absolute Gasteiger partial charge is 0.326 e. The third-order valence-corrected chi connectivity index (χ3v) is 2.18. The predicted molar refractivity (Wildman–Crippen MR) is 55.6 cm³/mol. The van der Waals surface area contributed by atoms with E-state index < -0.39 is 0 Å². The number of rotatable bonds is 3. The summed E-state index contributed by atoms with van der Waals surface area (Å²) in [5.74, 6) is -0.220. The van der Waals surface area contributed by atoms with Crippen molar-refractivity contribution in [3.63, 3.8) is 0 Å². The van der Waals surface area contributed by atoms with Crippen molar-refractivity contribution in [1.82, 2.24) is 9.78 Å². The maximum Gasteiger partial charge on any atom is 0.123 e. The molecule has 2 N–H and O–H groups in total. The van der Waals surface area contributed by atoms with Gasteiger partial charge in [-0.25, -0.2) is 4.39 Å². The lowest BCUT2D eigenvalue weighted by atomic mass is 10.2. The highest BCUT2D eigenvalue weighted by Crippen LogP contribution is 2.05. The van der Waals surface area contributed by atoms with Crippen LogP contribution in [0.5, 0.6) is 0 Å². The van der Waals surface area contributed by atoms with Crippen LogP contribution in [0.4, 0.5) is 4.39 Å². The molecule has 1 aromatic carbocycles. The van der Waals surface area contributed by atoms with Crippen molar-refractivity contribution in [2.75, 3.05) is 0 Å². The minimum atomic E-state index is -0.220. The lowest BCUT2D eigenvalue weighted by Crippen LogP contribution is -2.00. The standard InChI is InChI=1S/C11H12FN3/c12-11-3-1-9(2-4-11)7-15-8-10(5-13)6-14-15/h1-4,6,8H,5,7,13H2. The van der Waals surface area contributed by atoms with Crippen LogP contribution >= 0.6 is 0 Å². The van der Waals surface area contributed by atoms with Gasteiger partial charge in [0.2, 0.25) is 0 Å². The summed E-state index contributed by atoms with van der Waals surface area (Å²) >= 11 is 0. The second kappa shape index (κ2) is 4.23. The fraction of sp³-hybridized carbons (Fsp3) is 0.182. The van der Waals surface area contributed by atoms with Crippen molar-refractivity contribution in [1.29, 1.82) is 0 Å². The molecule has 0 saturated carbocycles. The minimum absolute atomic E-state index is 0.220. The summed E-state index contributed by atoms with van der Waals surface area (Å²) in [4.78, 5) is 0. The number of halogens is 1. The fourth-order valence-electron chi connectivity index (χ4n) is 1.38. The summed E-state index contributed by atoms with van der Waals surface area (Å²) in [6.07, 6.45) is 3.63. The Bertz CT molecular complexity index is 433. The lowest BCUT2D eigenvalue weighted by Gasteiger charge is -2.01. The number of hydrogen-bond donors (Lipinski definition) is 1. The quantitative estimate of drug-likeness (QED) is 0.825. The van der Waals surface area contributed by atoms with Gasteiger partial charge in [-0.05, 0) is 17.7 Å². The molecule has 0 aliphatic carbocycles. The molecule has 0 bridgehead atoms. The second-order valence-electron chi connectivity index (χ2n) is 3.38. The third-order valence-electron chi connectivity index (χ3n) is 2.18. The average Bonchev–Trinajstić information content (AvgIpc) is 2.69. The van der Waals surface area contributed by atoms with E-state index in [1.165, 1.54) is 12.1 Å². The lowest BCUT2D eigenvalue weighted by molar-refractivity contribution is 0.624. The zero-order valence-electron chi connectivity index (χ0n) is 8.23. The van der Waals surface area contributed by atoms with Gasteiger partial charge in [0.15, 0.2) is 0 Å². The van der Waals surface area contributed by atoms with Crippen LogP contribution in [0.3, 0.4) is 0 Å². The molecule has 15 heavy (non-hydrogen) atoms. The Morgan fingerprint density at radius 2 is 1.93 bits per heavy atom. The molecule has 2 aromatic rings. The molecule has 78 valence electrons. The van der Waals surface area contributed by atoms with Crippen LogP contribution in [0.1, 0.15) is 11.1 Å². The monoisotopic (exact) mass is 205 g/mol. The molecule has 0 saturated heterocycles. The summed E-state index contributed by atoms with van der Waals surface area (Å²) in [5, 5.41) is 4.15. The average molecular weight is 205 g/mol. The predicted octanol–water partition coefficient (Wildman–Crippen LogP) is 1.53. The molecule has 0 unspecified atom stereocenters. The maximum absolute atomic E-state index is 12.6. The molecular weight excluding hydrogens is 193 g/mol. The van der Waals surface area contributed by atoms with Crippen LogP contribution in [0, 0.1) is 5.82 Å². The van der Waals surface area contributed by atoms with Gasteiger partial charge in [-0.2, -0.15) is 5.10 Å². The van der Waals surface area contributed by atoms with Crippen LogP contribution in [-0.2, 0) is 13.1 Å². The van der Waals surface area contributed by atoms with Crippen LogP contribution in [0.25, 0.3) is 0 Å². The van der Waals surface area contributed by atoms with Gasteiger partial charge < -0.3 is 5.73 Å². The summed E-state index contributed by atoms with van der Waals surface area (Å²) in [6, 6.07) is 6.39. The Labute approximate surface area is 87.3 Å². The molecule has 3 nitrogen and oxygen atoms in total. The maximum atomic E-state index is 12.6. The number of nitrogens with two attached hydrogens (primary N) is 1. The molecule has 0 atom stereocenters. The molecule has 1 aromatic heterocycles. The number of nitrogens with zero attached hydrogens (tertiary/aromatic N) is 2. The van der Waals surface area contributed by atoms with Crippen LogP contribution in [0.2, 0.25) is 0 Å². The van der Waals surface area contributed by atoms with E-state index in [9.17, 15) is 4.39 Å². The Morgan fingerprint density at radius 1 is 1.20 bits per heavy atom. The van der Waals surface area contributed by atoms with Crippen LogP contribution < -0.4 is 5.73 Å². The van der Waals surface area contributed by atoms with Crippen molar-refractivity contribution in [3.8, 4) is 0 Å². The van der Waals surface area contributed by atoms with Gasteiger partial charge in [-0.1, -0.05) is 12.1 Å². The summed E-state index contributed by atoms with van der Waals surface area (Å²) in [7, 11) is 0. The van der Waals surface area contributed by atoms with Crippen LogP contribution in [0.15, 0.2) is 36.7 Å². The van der Waals surface area contributed by atoms with E-state index in [1.54, 1.807) is 23.0 Å². The second-order valence-corrected chi connectivity index (χ2v) is 3.38. The molecule has 1 heterocycles. The SMILES string of the molecule is NCc1cnn(Cc2ccc(F)cc2)c1. The Kier molecular flexibility index (Phi) is 2.78. The van der Waals surface area contributed by atoms with Crippen molar-refractivity contribution in [3.05, 3.63) is 53.6 Å². The van der Waals surface area contributed by atoms with Gasteiger partial charge in [0.25, 0.3) is 0 Å². The summed E-state index contributed by atoms with van der Waals surface area (Å²) < 4.78 is 14.4. The minimum Gasteiger partial charge on any atom is -0.326 e. The molecule has 0 aliphatic rings. The molecule has 0 amide bonds. The highest BCUT2D eigenvalue weighted by molar-refractivity contribution is 5.16. The smallest absolute Gasteiger partial charge is 0.123 e. The van der Waals surface area contributed by atoms with Crippen molar-refractivity contribution in [2.45, 2.75) is 13.1 Å². The Hall–Kier alpha value is -1.68. The van der Waals surface area contributed by atoms with E-state index >= 15 is 0 Å². The van der Waals surface area contributed by atoms with E-state index in [0.29, 0.717) is 13.1 Å². The highest BCUT2D eigenvalue weighted by Gasteiger charge is 1.98. The topological polar surface area (TPSA) is 43.8 Å². The van der Waals surface area contributed by atoms with Gasteiger partial charge in [0.05, 0.1) is 12.7 Å². The fourth-order valence-corrected chi connectivity index (χ4v) is 1.38. The number of aromatic nitrogens is 2. The summed E-state index contributed by atoms with van der Waals surface area (Å²) in [5.41, 5.74) is 7.49. The van der Waals surface area contributed by atoms with Crippen molar-refractivity contribution >= 4 is 0 Å². The first kappa shape index (κ1) is 9.86. The van der Waals surface area contributed by atoms with E-state index in [4.69, 9.17) is 5.73 Å². The molecule has 4 heteroatoms. The Balaban J connectivity index is 2.11. The molecule has 0 fully saturated rings. The van der Waals surface area contributed by atoms with Crippen molar-refractivity contribution < 1.29 is 4.39 Å². The van der Waals surface area contributed by atoms with E-state index in [-0.39, 0.29) is 5.82 Å². The van der Waals surface area contributed by atoms with E-state index in [0.717, 1.165) is 11.1 Å². The summed E-state index contributed by atoms with van der Waals surface area (Å²) in [6.45, 7) is 1.13. The first-order chi connectivity index (χ1) is 7.28. The van der Waals surface area contributed by atoms with Crippen LogP contribution in [-0.4, -0.2) is 9.78 Å². The van der Waals surface area contributed by atoms with Gasteiger partial charge in [0.1, 0.15) is 5.82 Å². The number of hydrogen-bond acceptors (Lipinski definition) is 2. The zero-order valence-corrected chi connectivity index (χ0v) is 8.23. The third kappa shape index (κ3) is 2.41. The highest BCUT2D eigenvalue weighted by atomic mass is 19.1. The first-order valence-electron chi connectivity index (χ1n) is 4.74. The van der Waals surface area contributed by atoms with Gasteiger partial charge in [-0.3, -0.25) is 4.68 Å². The normalized spacial score (nSPS) is 10.5. The zero-order chi connectivity index (χ0) is 10.7. The van der Waals surface area contributed by atoms with Crippen molar-refractivity contribution in [2.24, 2.45) is 5.73 Å². The van der Waals surface area contributed by atoms with Gasteiger partial charge >= 0.3 is 0 Å². The molecule has 0 radical (unpaired) electrons. The molecular formula is C11H12FN3. The molecule has 0 spiro atoms. The first-order valence-corrected chi connectivity index (χ1v) is 4.74. The van der Waals surface area contributed by atoms with Gasteiger partial charge in [-0.15, -0.1) is 0 Å². The van der Waals surface area contributed by atoms with Gasteiger partial charge in [0, 0.05) is 18.3 Å². The number of benzene rings is 1. The van der Waals surface area contributed by atoms with E-state index in [2.05, 4.69) is 5.10 Å². The Morgan fingerprint density at radius 3 is 2.53 bits per heavy atom. The molecule has 2 rings (SSSR count).